The first-order valence-electron chi connectivity index (χ1n) is 7.10. The van der Waals surface area contributed by atoms with Crippen LogP contribution >= 0.6 is 0 Å². The van der Waals surface area contributed by atoms with Crippen LogP contribution in [0, 0.1) is 0 Å². The Kier molecular flexibility index (Phi) is 5.22. The molecular formula is C16H23N3O2. The number of hydrogen-bond acceptors (Lipinski definition) is 4. The van der Waals surface area contributed by atoms with Crippen molar-refractivity contribution in [1.29, 1.82) is 0 Å². The van der Waals surface area contributed by atoms with Gasteiger partial charge in [0.15, 0.2) is 11.5 Å². The highest BCUT2D eigenvalue weighted by atomic mass is 16.5. The van der Waals surface area contributed by atoms with Crippen LogP contribution in [0.5, 0.6) is 11.5 Å². The van der Waals surface area contributed by atoms with E-state index in [-0.39, 0.29) is 6.10 Å². The minimum atomic E-state index is 0.131. The maximum atomic E-state index is 5.71. The summed E-state index contributed by atoms with van der Waals surface area (Å²) in [7, 11) is 3.65. The standard InChI is InChI=1S/C16H23N3O2/c1-12(2)21-14-6-5-13(9-15(14)20-4)10-17-11-16-18-7-8-19(16)3/h5-9,12,17H,10-11H2,1-4H3. The Hall–Kier alpha value is -2.01. The van der Waals surface area contributed by atoms with E-state index in [0.717, 1.165) is 36.0 Å². The minimum absolute atomic E-state index is 0.131. The van der Waals surface area contributed by atoms with Crippen LogP contribution in [0.4, 0.5) is 0 Å². The number of aryl methyl sites for hydroxylation is 1. The molecule has 0 unspecified atom stereocenters. The lowest BCUT2D eigenvalue weighted by Crippen LogP contribution is -2.15. The van der Waals surface area contributed by atoms with Gasteiger partial charge < -0.3 is 19.4 Å². The zero-order chi connectivity index (χ0) is 15.2. The summed E-state index contributed by atoms with van der Waals surface area (Å²) >= 11 is 0. The zero-order valence-electron chi connectivity index (χ0n) is 13.1. The molecule has 5 heteroatoms. The molecule has 0 amide bonds. The van der Waals surface area contributed by atoms with Crippen LogP contribution in [0.15, 0.2) is 30.6 Å². The number of nitrogens with one attached hydrogen (secondary N) is 1. The summed E-state index contributed by atoms with van der Waals surface area (Å²) in [6.07, 6.45) is 3.88. The van der Waals surface area contributed by atoms with Gasteiger partial charge in [0.2, 0.25) is 0 Å². The molecule has 114 valence electrons. The summed E-state index contributed by atoms with van der Waals surface area (Å²) in [6.45, 7) is 5.49. The molecule has 0 radical (unpaired) electrons. The molecule has 1 aromatic heterocycles. The molecule has 2 rings (SSSR count). The molecule has 5 nitrogen and oxygen atoms in total. The summed E-state index contributed by atoms with van der Waals surface area (Å²) in [6, 6.07) is 6.01. The third-order valence-corrected chi connectivity index (χ3v) is 3.12. The fourth-order valence-electron chi connectivity index (χ4n) is 2.06. The van der Waals surface area contributed by atoms with Gasteiger partial charge in [0.05, 0.1) is 19.8 Å². The molecule has 21 heavy (non-hydrogen) atoms. The van der Waals surface area contributed by atoms with Crippen molar-refractivity contribution in [3.05, 3.63) is 42.0 Å². The molecule has 0 aliphatic carbocycles. The first-order chi connectivity index (χ1) is 10.1. The molecule has 0 spiro atoms. The molecule has 1 N–H and O–H groups in total. The Morgan fingerprint density at radius 3 is 2.67 bits per heavy atom. The van der Waals surface area contributed by atoms with Crippen LogP contribution in [0.3, 0.4) is 0 Å². The van der Waals surface area contributed by atoms with Crippen LogP contribution in [0.25, 0.3) is 0 Å². The first-order valence-corrected chi connectivity index (χ1v) is 7.10. The van der Waals surface area contributed by atoms with Crippen LogP contribution in [0.1, 0.15) is 25.2 Å². The van der Waals surface area contributed by atoms with Crippen molar-refractivity contribution in [2.75, 3.05) is 7.11 Å². The number of methoxy groups -OCH3 is 1. The van der Waals surface area contributed by atoms with Gasteiger partial charge >= 0.3 is 0 Å². The number of hydrogen-bond donors (Lipinski definition) is 1. The summed E-state index contributed by atoms with van der Waals surface area (Å²) in [5.41, 5.74) is 1.15. The van der Waals surface area contributed by atoms with Crippen molar-refractivity contribution in [2.45, 2.75) is 33.0 Å². The van der Waals surface area contributed by atoms with Gasteiger partial charge in [0, 0.05) is 26.0 Å². The lowest BCUT2D eigenvalue weighted by atomic mass is 10.2. The molecule has 0 aliphatic heterocycles. The van der Waals surface area contributed by atoms with Crippen LogP contribution in [-0.4, -0.2) is 22.8 Å². The average molecular weight is 289 g/mol. The molecule has 0 fully saturated rings. The second-order valence-corrected chi connectivity index (χ2v) is 5.21. The normalized spacial score (nSPS) is 10.9. The fraction of sp³-hybridized carbons (Fsp3) is 0.438. The Bertz CT molecular complexity index is 579. The maximum Gasteiger partial charge on any atom is 0.161 e. The van der Waals surface area contributed by atoms with Crippen molar-refractivity contribution in [2.24, 2.45) is 7.05 Å². The molecule has 0 saturated carbocycles. The van der Waals surface area contributed by atoms with Gasteiger partial charge in [-0.2, -0.15) is 0 Å². The van der Waals surface area contributed by atoms with Crippen LogP contribution < -0.4 is 14.8 Å². The molecule has 0 bridgehead atoms. The minimum Gasteiger partial charge on any atom is -0.493 e. The molecule has 2 aromatic rings. The fourth-order valence-corrected chi connectivity index (χ4v) is 2.06. The zero-order valence-corrected chi connectivity index (χ0v) is 13.1. The van der Waals surface area contributed by atoms with Crippen LogP contribution in [-0.2, 0) is 20.1 Å². The molecule has 1 aromatic carbocycles. The van der Waals surface area contributed by atoms with Gasteiger partial charge in [0.1, 0.15) is 5.82 Å². The third kappa shape index (κ3) is 4.23. The van der Waals surface area contributed by atoms with Gasteiger partial charge in [-0.3, -0.25) is 0 Å². The van der Waals surface area contributed by atoms with Crippen molar-refractivity contribution in [1.82, 2.24) is 14.9 Å². The Morgan fingerprint density at radius 2 is 2.05 bits per heavy atom. The topological polar surface area (TPSA) is 48.3 Å². The summed E-state index contributed by atoms with van der Waals surface area (Å²) in [4.78, 5) is 4.28. The monoisotopic (exact) mass is 289 g/mol. The van der Waals surface area contributed by atoms with E-state index in [2.05, 4.69) is 10.3 Å². The van der Waals surface area contributed by atoms with Crippen molar-refractivity contribution in [3.63, 3.8) is 0 Å². The van der Waals surface area contributed by atoms with E-state index in [1.54, 1.807) is 13.3 Å². The lowest BCUT2D eigenvalue weighted by Gasteiger charge is -2.14. The van der Waals surface area contributed by atoms with Gasteiger partial charge in [-0.1, -0.05) is 6.07 Å². The average Bonchev–Trinajstić information content (AvgIpc) is 2.85. The number of nitrogens with zero attached hydrogens (tertiary/aromatic N) is 2. The van der Waals surface area contributed by atoms with Gasteiger partial charge in [0.25, 0.3) is 0 Å². The van der Waals surface area contributed by atoms with E-state index < -0.39 is 0 Å². The molecule has 1 heterocycles. The Balaban J connectivity index is 1.96. The van der Waals surface area contributed by atoms with Crippen molar-refractivity contribution < 1.29 is 9.47 Å². The Labute approximate surface area is 125 Å². The number of aromatic nitrogens is 2. The van der Waals surface area contributed by atoms with Gasteiger partial charge in [-0.15, -0.1) is 0 Å². The quantitative estimate of drug-likeness (QED) is 0.851. The summed E-state index contributed by atoms with van der Waals surface area (Å²) in [5.74, 6) is 2.56. The highest BCUT2D eigenvalue weighted by molar-refractivity contribution is 5.43. The lowest BCUT2D eigenvalue weighted by molar-refractivity contribution is 0.230. The van der Waals surface area contributed by atoms with Crippen LogP contribution in [0.2, 0.25) is 0 Å². The summed E-state index contributed by atoms with van der Waals surface area (Å²) in [5, 5.41) is 3.38. The van der Waals surface area contributed by atoms with Crippen molar-refractivity contribution >= 4 is 0 Å². The Morgan fingerprint density at radius 1 is 1.24 bits per heavy atom. The largest absolute Gasteiger partial charge is 0.493 e. The van der Waals surface area contributed by atoms with E-state index in [9.17, 15) is 0 Å². The predicted octanol–water partition coefficient (Wildman–Crippen LogP) is 2.51. The highest BCUT2D eigenvalue weighted by Crippen LogP contribution is 2.28. The summed E-state index contributed by atoms with van der Waals surface area (Å²) < 4.78 is 13.1. The number of benzene rings is 1. The maximum absolute atomic E-state index is 5.71. The van der Waals surface area contributed by atoms with E-state index in [0.29, 0.717) is 0 Å². The molecule has 0 atom stereocenters. The van der Waals surface area contributed by atoms with E-state index in [4.69, 9.17) is 9.47 Å². The van der Waals surface area contributed by atoms with E-state index in [1.165, 1.54) is 0 Å². The number of rotatable bonds is 7. The number of imidazole rings is 1. The van der Waals surface area contributed by atoms with Crippen molar-refractivity contribution in [3.8, 4) is 11.5 Å². The molecule has 0 saturated heterocycles. The van der Waals surface area contributed by atoms with Gasteiger partial charge in [-0.05, 0) is 31.5 Å². The van der Waals surface area contributed by atoms with E-state index in [1.807, 2.05) is 49.9 Å². The SMILES string of the molecule is COc1cc(CNCc2nccn2C)ccc1OC(C)C. The second-order valence-electron chi connectivity index (χ2n) is 5.21. The highest BCUT2D eigenvalue weighted by Gasteiger charge is 2.07. The van der Waals surface area contributed by atoms with E-state index >= 15 is 0 Å². The second kappa shape index (κ2) is 7.13. The number of ether oxygens (including phenoxy) is 2. The predicted molar refractivity (Wildman–Crippen MR) is 82.5 cm³/mol. The molecule has 0 aliphatic rings. The van der Waals surface area contributed by atoms with Gasteiger partial charge in [-0.25, -0.2) is 4.98 Å². The smallest absolute Gasteiger partial charge is 0.161 e. The first kappa shape index (κ1) is 15.4. The molecular weight excluding hydrogens is 266 g/mol. The third-order valence-electron chi connectivity index (χ3n) is 3.12.